The summed E-state index contributed by atoms with van der Waals surface area (Å²) in [6.07, 6.45) is 0.949. The third-order valence-electron chi connectivity index (χ3n) is 5.16. The van der Waals surface area contributed by atoms with Crippen LogP contribution in [0.3, 0.4) is 0 Å². The Kier molecular flexibility index (Phi) is 3.85. The maximum absolute atomic E-state index is 3.39. The zero-order valence-electron chi connectivity index (χ0n) is 14.9. The molecule has 0 heterocycles. The van der Waals surface area contributed by atoms with Crippen molar-refractivity contribution < 1.29 is 0 Å². The van der Waals surface area contributed by atoms with E-state index in [9.17, 15) is 0 Å². The molecule has 4 aromatic carbocycles. The van der Waals surface area contributed by atoms with Gasteiger partial charge in [0, 0.05) is 11.1 Å². The van der Waals surface area contributed by atoms with E-state index in [1.165, 1.54) is 33.4 Å². The Balaban J connectivity index is 1.54. The summed E-state index contributed by atoms with van der Waals surface area (Å²) >= 11 is 0. The van der Waals surface area contributed by atoms with Gasteiger partial charge >= 0.3 is 0 Å². The van der Waals surface area contributed by atoms with E-state index < -0.39 is 0 Å². The largest absolute Gasteiger partial charge is 0.0622 e. The van der Waals surface area contributed by atoms with Gasteiger partial charge in [-0.15, -0.1) is 0 Å². The van der Waals surface area contributed by atoms with E-state index in [1.54, 1.807) is 0 Å². The number of rotatable bonds is 1. The van der Waals surface area contributed by atoms with Crippen LogP contribution in [0, 0.1) is 11.8 Å². The first-order chi connectivity index (χ1) is 13.4. The molecule has 0 fully saturated rings. The van der Waals surface area contributed by atoms with Crippen LogP contribution >= 0.6 is 0 Å². The van der Waals surface area contributed by atoms with Crippen LogP contribution in [0.25, 0.3) is 22.3 Å². The fourth-order valence-electron chi connectivity index (χ4n) is 3.81. The molecule has 0 unspecified atom stereocenters. The lowest BCUT2D eigenvalue weighted by Crippen LogP contribution is -1.87. The van der Waals surface area contributed by atoms with Crippen molar-refractivity contribution >= 4 is 0 Å². The van der Waals surface area contributed by atoms with Crippen LogP contribution in [-0.4, -0.2) is 0 Å². The summed E-state index contributed by atoms with van der Waals surface area (Å²) in [5.41, 5.74) is 10.1. The van der Waals surface area contributed by atoms with Gasteiger partial charge in [-0.1, -0.05) is 90.7 Å². The molecule has 1 aliphatic carbocycles. The molecule has 1 aliphatic rings. The summed E-state index contributed by atoms with van der Waals surface area (Å²) < 4.78 is 0. The Morgan fingerprint density at radius 1 is 0.556 bits per heavy atom. The van der Waals surface area contributed by atoms with Gasteiger partial charge < -0.3 is 0 Å². The lowest BCUT2D eigenvalue weighted by molar-refractivity contribution is 1.25. The summed E-state index contributed by atoms with van der Waals surface area (Å²) in [5, 5.41) is 0. The van der Waals surface area contributed by atoms with E-state index in [1.807, 2.05) is 18.2 Å². The molecule has 0 aromatic heterocycles. The molecule has 27 heavy (non-hydrogen) atoms. The molecule has 0 heteroatoms. The molecule has 0 N–H and O–H groups in total. The average molecular weight is 342 g/mol. The van der Waals surface area contributed by atoms with E-state index in [-0.39, 0.29) is 0 Å². The summed E-state index contributed by atoms with van der Waals surface area (Å²) in [5.74, 6) is 6.70. The lowest BCUT2D eigenvalue weighted by Gasteiger charge is -2.05. The van der Waals surface area contributed by atoms with Gasteiger partial charge in [0.15, 0.2) is 0 Å². The third-order valence-corrected chi connectivity index (χ3v) is 5.16. The first kappa shape index (κ1) is 15.7. The molecule has 0 atom stereocenters. The fourth-order valence-corrected chi connectivity index (χ4v) is 3.81. The third kappa shape index (κ3) is 2.94. The number of benzene rings is 4. The van der Waals surface area contributed by atoms with Crippen LogP contribution in [0.5, 0.6) is 0 Å². The Morgan fingerprint density at radius 2 is 1.33 bits per heavy atom. The second kappa shape index (κ2) is 6.63. The van der Waals surface area contributed by atoms with Gasteiger partial charge in [0.1, 0.15) is 0 Å². The van der Waals surface area contributed by atoms with Crippen LogP contribution < -0.4 is 0 Å². The summed E-state index contributed by atoms with van der Waals surface area (Å²) in [6, 6.07) is 34.1. The van der Waals surface area contributed by atoms with Gasteiger partial charge in [0.25, 0.3) is 0 Å². The quantitative estimate of drug-likeness (QED) is 0.312. The molecule has 4 aromatic rings. The second-order valence-corrected chi connectivity index (χ2v) is 6.86. The van der Waals surface area contributed by atoms with Crippen molar-refractivity contribution in [2.24, 2.45) is 0 Å². The van der Waals surface area contributed by atoms with Gasteiger partial charge in [-0.25, -0.2) is 0 Å². The van der Waals surface area contributed by atoms with Crippen LogP contribution in [0.4, 0.5) is 0 Å². The molecule has 5 rings (SSSR count). The van der Waals surface area contributed by atoms with Gasteiger partial charge in [0.05, 0.1) is 0 Å². The van der Waals surface area contributed by atoms with E-state index in [4.69, 9.17) is 0 Å². The predicted octanol–water partition coefficient (Wildman–Crippen LogP) is 6.32. The lowest BCUT2D eigenvalue weighted by atomic mass is 9.99. The minimum absolute atomic E-state index is 0.949. The number of hydrogen-bond donors (Lipinski definition) is 0. The molecule has 0 saturated carbocycles. The number of hydrogen-bond acceptors (Lipinski definition) is 0. The van der Waals surface area contributed by atoms with Crippen molar-refractivity contribution in [2.45, 2.75) is 6.42 Å². The highest BCUT2D eigenvalue weighted by atomic mass is 14.2. The van der Waals surface area contributed by atoms with Crippen LogP contribution in [0.2, 0.25) is 0 Å². The molecule has 0 amide bonds. The Hall–Kier alpha value is -3.56. The zero-order valence-corrected chi connectivity index (χ0v) is 14.9. The van der Waals surface area contributed by atoms with Gasteiger partial charge in [-0.2, -0.15) is 0 Å². The maximum atomic E-state index is 3.39. The zero-order chi connectivity index (χ0) is 18.1. The van der Waals surface area contributed by atoms with Crippen LogP contribution in [0.1, 0.15) is 22.3 Å². The molecule has 0 saturated heterocycles. The Morgan fingerprint density at radius 3 is 2.15 bits per heavy atom. The summed E-state index contributed by atoms with van der Waals surface area (Å²) in [6.45, 7) is 0. The average Bonchev–Trinajstić information content (AvgIpc) is 3.12. The smallest absolute Gasteiger partial charge is 0.0290 e. The van der Waals surface area contributed by atoms with Crippen molar-refractivity contribution in [3.8, 4) is 34.1 Å². The Labute approximate surface area is 160 Å². The first-order valence-corrected chi connectivity index (χ1v) is 9.26. The highest BCUT2D eigenvalue weighted by molar-refractivity contribution is 5.82. The normalized spacial score (nSPS) is 11.3. The van der Waals surface area contributed by atoms with Gasteiger partial charge in [0.2, 0.25) is 0 Å². The predicted molar refractivity (Wildman–Crippen MR) is 113 cm³/mol. The minimum Gasteiger partial charge on any atom is -0.0622 e. The highest BCUT2D eigenvalue weighted by Gasteiger charge is 2.20. The second-order valence-electron chi connectivity index (χ2n) is 6.86. The Bertz CT molecular complexity index is 1170. The SMILES string of the molecule is C(#Cc1cccc2c1Cc1cc(-c3ccccc3)ccc1-2)c1ccccc1. The van der Waals surface area contributed by atoms with Crippen LogP contribution in [-0.2, 0) is 6.42 Å². The fraction of sp³-hybridized carbons (Fsp3) is 0.0370. The summed E-state index contributed by atoms with van der Waals surface area (Å²) in [4.78, 5) is 0. The van der Waals surface area contributed by atoms with E-state index in [0.29, 0.717) is 0 Å². The molecular weight excluding hydrogens is 324 g/mol. The molecule has 0 spiro atoms. The van der Waals surface area contributed by atoms with E-state index in [0.717, 1.165) is 17.5 Å². The van der Waals surface area contributed by atoms with E-state index >= 15 is 0 Å². The maximum Gasteiger partial charge on any atom is 0.0290 e. The highest BCUT2D eigenvalue weighted by Crippen LogP contribution is 2.39. The van der Waals surface area contributed by atoms with Crippen LogP contribution in [0.15, 0.2) is 97.1 Å². The first-order valence-electron chi connectivity index (χ1n) is 9.26. The van der Waals surface area contributed by atoms with Crippen molar-refractivity contribution in [2.75, 3.05) is 0 Å². The standard InChI is InChI=1S/C27H18/c1-3-8-20(9-4-1)14-15-22-12-7-13-26-25-17-16-23(18-24(25)19-27(22)26)21-10-5-2-6-11-21/h1-13,16-18H,19H2. The number of fused-ring (bicyclic) bond motifs is 3. The monoisotopic (exact) mass is 342 g/mol. The van der Waals surface area contributed by atoms with Gasteiger partial charge in [-0.3, -0.25) is 0 Å². The van der Waals surface area contributed by atoms with E-state index in [2.05, 4.69) is 90.7 Å². The molecule has 0 radical (unpaired) electrons. The van der Waals surface area contributed by atoms with Crippen molar-refractivity contribution in [1.82, 2.24) is 0 Å². The molecular formula is C27H18. The van der Waals surface area contributed by atoms with Crippen molar-refractivity contribution in [1.29, 1.82) is 0 Å². The molecule has 126 valence electrons. The van der Waals surface area contributed by atoms with Gasteiger partial charge in [-0.05, 0) is 58.0 Å². The molecule has 0 nitrogen and oxygen atoms in total. The topological polar surface area (TPSA) is 0 Å². The molecule has 0 aliphatic heterocycles. The molecule has 0 bridgehead atoms. The summed E-state index contributed by atoms with van der Waals surface area (Å²) in [7, 11) is 0. The van der Waals surface area contributed by atoms with Crippen molar-refractivity contribution in [3.63, 3.8) is 0 Å². The van der Waals surface area contributed by atoms with Crippen molar-refractivity contribution in [3.05, 3.63) is 119 Å². The minimum atomic E-state index is 0.949.